The summed E-state index contributed by atoms with van der Waals surface area (Å²) in [5.41, 5.74) is 3.28. The molecule has 0 aromatic rings. The van der Waals surface area contributed by atoms with Gasteiger partial charge in [-0.25, -0.2) is 0 Å². The molecular formula is C15H29N. The summed E-state index contributed by atoms with van der Waals surface area (Å²) in [7, 11) is 2.09. The minimum absolute atomic E-state index is 0.735. The summed E-state index contributed by atoms with van der Waals surface area (Å²) in [6.45, 7) is 9.38. The third-order valence-corrected chi connectivity index (χ3v) is 4.19. The minimum atomic E-state index is 0.735. The third-order valence-electron chi connectivity index (χ3n) is 4.19. The molecule has 0 heterocycles. The fraction of sp³-hybridized carbons (Fsp3) is 0.867. The van der Waals surface area contributed by atoms with Crippen molar-refractivity contribution in [3.8, 4) is 0 Å². The Labute approximate surface area is 102 Å². The topological polar surface area (TPSA) is 12.0 Å². The van der Waals surface area contributed by atoms with Crippen molar-refractivity contribution in [2.24, 2.45) is 17.8 Å². The Morgan fingerprint density at radius 2 is 1.88 bits per heavy atom. The highest BCUT2D eigenvalue weighted by atomic mass is 14.8. The second kappa shape index (κ2) is 6.32. The van der Waals surface area contributed by atoms with Gasteiger partial charge in [-0.3, -0.25) is 0 Å². The maximum atomic E-state index is 3.47. The van der Waals surface area contributed by atoms with Crippen molar-refractivity contribution in [3.05, 3.63) is 11.3 Å². The van der Waals surface area contributed by atoms with Crippen LogP contribution in [0.15, 0.2) is 11.3 Å². The summed E-state index contributed by atoms with van der Waals surface area (Å²) in [5, 5.41) is 3.47. The van der Waals surface area contributed by atoms with Crippen LogP contribution in [0.25, 0.3) is 0 Å². The standard InChI is InChI=1S/C15H29N/c1-6-8-14(16-5)15(12(4)11(2)3)13-9-7-10-13/h11-13,16H,6-10H2,1-5H3/b15-14-. The molecule has 1 fully saturated rings. The van der Waals surface area contributed by atoms with Crippen LogP contribution in [0, 0.1) is 17.8 Å². The van der Waals surface area contributed by atoms with Crippen LogP contribution >= 0.6 is 0 Å². The van der Waals surface area contributed by atoms with Crippen LogP contribution in [-0.2, 0) is 0 Å². The zero-order chi connectivity index (χ0) is 12.1. The second-order valence-electron chi connectivity index (χ2n) is 5.59. The lowest BCUT2D eigenvalue weighted by molar-refractivity contribution is 0.309. The van der Waals surface area contributed by atoms with Crippen LogP contribution in [0.3, 0.4) is 0 Å². The van der Waals surface area contributed by atoms with Crippen LogP contribution in [-0.4, -0.2) is 7.05 Å². The summed E-state index contributed by atoms with van der Waals surface area (Å²) in [6.07, 6.45) is 6.74. The van der Waals surface area contributed by atoms with E-state index >= 15 is 0 Å². The lowest BCUT2D eigenvalue weighted by atomic mass is 9.71. The molecule has 1 unspecified atom stereocenters. The number of nitrogens with one attached hydrogen (secondary N) is 1. The van der Waals surface area contributed by atoms with E-state index in [1.165, 1.54) is 37.8 Å². The number of hydrogen-bond acceptors (Lipinski definition) is 1. The van der Waals surface area contributed by atoms with Crippen molar-refractivity contribution in [2.45, 2.75) is 59.8 Å². The SMILES string of the molecule is CCC/C(NC)=C(/C1CCC1)C(C)C(C)C. The van der Waals surface area contributed by atoms with Gasteiger partial charge in [0.15, 0.2) is 0 Å². The fourth-order valence-electron chi connectivity index (χ4n) is 2.64. The van der Waals surface area contributed by atoms with Crippen LogP contribution in [0.1, 0.15) is 59.8 Å². The Morgan fingerprint density at radius 3 is 2.19 bits per heavy atom. The molecule has 0 spiro atoms. The van der Waals surface area contributed by atoms with Gasteiger partial charge in [-0.15, -0.1) is 0 Å². The van der Waals surface area contributed by atoms with Gasteiger partial charge in [-0.05, 0) is 42.6 Å². The Morgan fingerprint density at radius 1 is 1.25 bits per heavy atom. The van der Waals surface area contributed by atoms with E-state index in [1.807, 2.05) is 0 Å². The Balaban J connectivity index is 2.90. The van der Waals surface area contributed by atoms with Gasteiger partial charge in [-0.2, -0.15) is 0 Å². The van der Waals surface area contributed by atoms with E-state index in [4.69, 9.17) is 0 Å². The van der Waals surface area contributed by atoms with Gasteiger partial charge in [0.25, 0.3) is 0 Å². The molecule has 1 heteroatoms. The quantitative estimate of drug-likeness (QED) is 0.706. The van der Waals surface area contributed by atoms with E-state index in [-0.39, 0.29) is 0 Å². The van der Waals surface area contributed by atoms with Gasteiger partial charge >= 0.3 is 0 Å². The summed E-state index contributed by atoms with van der Waals surface area (Å²) >= 11 is 0. The van der Waals surface area contributed by atoms with Crippen molar-refractivity contribution in [1.29, 1.82) is 0 Å². The Hall–Kier alpha value is -0.460. The number of allylic oxidation sites excluding steroid dienone is 2. The van der Waals surface area contributed by atoms with Gasteiger partial charge in [-0.1, -0.05) is 40.5 Å². The highest BCUT2D eigenvalue weighted by Crippen LogP contribution is 2.40. The zero-order valence-electron chi connectivity index (χ0n) is 11.8. The maximum Gasteiger partial charge on any atom is 0.0101 e. The van der Waals surface area contributed by atoms with Crippen molar-refractivity contribution >= 4 is 0 Å². The molecule has 0 bridgehead atoms. The molecule has 0 saturated heterocycles. The largest absolute Gasteiger partial charge is 0.391 e. The third kappa shape index (κ3) is 3.02. The number of rotatable bonds is 6. The highest BCUT2D eigenvalue weighted by molar-refractivity contribution is 5.20. The molecule has 1 N–H and O–H groups in total. The average Bonchev–Trinajstić information content (AvgIpc) is 2.19. The van der Waals surface area contributed by atoms with E-state index < -0.39 is 0 Å². The van der Waals surface area contributed by atoms with Crippen molar-refractivity contribution < 1.29 is 0 Å². The van der Waals surface area contributed by atoms with Gasteiger partial charge < -0.3 is 5.32 Å². The smallest absolute Gasteiger partial charge is 0.0101 e. The van der Waals surface area contributed by atoms with E-state index in [1.54, 1.807) is 5.57 Å². The van der Waals surface area contributed by atoms with Crippen LogP contribution in [0.5, 0.6) is 0 Å². The molecule has 0 aromatic carbocycles. The molecule has 16 heavy (non-hydrogen) atoms. The molecule has 1 atom stereocenters. The zero-order valence-corrected chi connectivity index (χ0v) is 11.8. The molecular weight excluding hydrogens is 194 g/mol. The summed E-state index contributed by atoms with van der Waals surface area (Å²) < 4.78 is 0. The van der Waals surface area contributed by atoms with E-state index in [9.17, 15) is 0 Å². The summed E-state index contributed by atoms with van der Waals surface area (Å²) in [6, 6.07) is 0. The van der Waals surface area contributed by atoms with E-state index in [0.717, 1.165) is 17.8 Å². The van der Waals surface area contributed by atoms with Crippen molar-refractivity contribution in [3.63, 3.8) is 0 Å². The second-order valence-corrected chi connectivity index (χ2v) is 5.59. The van der Waals surface area contributed by atoms with Crippen LogP contribution in [0.4, 0.5) is 0 Å². The molecule has 1 aliphatic rings. The first-order chi connectivity index (χ1) is 7.61. The first-order valence-electron chi connectivity index (χ1n) is 7.02. The normalized spacial score (nSPS) is 20.4. The van der Waals surface area contributed by atoms with Crippen molar-refractivity contribution in [2.75, 3.05) is 7.05 Å². The first kappa shape index (κ1) is 13.6. The molecule has 94 valence electrons. The molecule has 1 nitrogen and oxygen atoms in total. The predicted molar refractivity (Wildman–Crippen MR) is 72.3 cm³/mol. The number of hydrogen-bond donors (Lipinski definition) is 1. The lowest BCUT2D eigenvalue weighted by Crippen LogP contribution is -2.26. The lowest BCUT2D eigenvalue weighted by Gasteiger charge is -2.35. The van der Waals surface area contributed by atoms with Gasteiger partial charge in [0.1, 0.15) is 0 Å². The predicted octanol–water partition coefficient (Wildman–Crippen LogP) is 4.35. The summed E-state index contributed by atoms with van der Waals surface area (Å²) in [4.78, 5) is 0. The Kier molecular flexibility index (Phi) is 5.37. The molecule has 0 radical (unpaired) electrons. The molecule has 1 saturated carbocycles. The molecule has 1 rings (SSSR count). The van der Waals surface area contributed by atoms with Gasteiger partial charge in [0, 0.05) is 12.7 Å². The van der Waals surface area contributed by atoms with Crippen LogP contribution < -0.4 is 5.32 Å². The Bertz CT molecular complexity index is 236. The fourth-order valence-corrected chi connectivity index (χ4v) is 2.64. The monoisotopic (exact) mass is 223 g/mol. The van der Waals surface area contributed by atoms with E-state index in [0.29, 0.717) is 0 Å². The van der Waals surface area contributed by atoms with E-state index in [2.05, 4.69) is 40.1 Å². The average molecular weight is 223 g/mol. The molecule has 0 aromatic heterocycles. The summed E-state index contributed by atoms with van der Waals surface area (Å²) in [5.74, 6) is 2.38. The highest BCUT2D eigenvalue weighted by Gasteiger charge is 2.28. The maximum absolute atomic E-state index is 3.47. The van der Waals surface area contributed by atoms with Crippen molar-refractivity contribution in [1.82, 2.24) is 5.32 Å². The molecule has 1 aliphatic carbocycles. The first-order valence-corrected chi connectivity index (χ1v) is 7.02. The van der Waals surface area contributed by atoms with Gasteiger partial charge in [0.05, 0.1) is 0 Å². The molecule has 0 amide bonds. The van der Waals surface area contributed by atoms with Crippen LogP contribution in [0.2, 0.25) is 0 Å². The minimum Gasteiger partial charge on any atom is -0.391 e. The van der Waals surface area contributed by atoms with Gasteiger partial charge in [0.2, 0.25) is 0 Å². The molecule has 0 aliphatic heterocycles.